The number of hydrogen-bond donors (Lipinski definition) is 2. The van der Waals surface area contributed by atoms with Gasteiger partial charge in [0, 0.05) is 23.5 Å². The number of nitrogens with two attached hydrogens (primary N) is 1. The van der Waals surface area contributed by atoms with Crippen molar-refractivity contribution in [2.75, 3.05) is 16.8 Å². The highest BCUT2D eigenvalue weighted by Gasteiger charge is 2.25. The van der Waals surface area contributed by atoms with E-state index in [2.05, 4.69) is 11.4 Å². The third-order valence-corrected chi connectivity index (χ3v) is 4.47. The van der Waals surface area contributed by atoms with Crippen LogP contribution in [-0.4, -0.2) is 24.4 Å². The third kappa shape index (κ3) is 4.23. The van der Waals surface area contributed by atoms with Crippen LogP contribution in [0.5, 0.6) is 0 Å². The average Bonchev–Trinajstić information content (AvgIpc) is 3.06. The molecule has 3 N–H and O–H groups in total. The highest BCUT2D eigenvalue weighted by molar-refractivity contribution is 6.07. The van der Waals surface area contributed by atoms with Crippen LogP contribution in [0.2, 0.25) is 0 Å². The molecule has 0 radical (unpaired) electrons. The van der Waals surface area contributed by atoms with Crippen LogP contribution in [-0.2, 0) is 11.2 Å². The number of fused-ring (bicyclic) bond motifs is 1. The zero-order chi connectivity index (χ0) is 17.8. The summed E-state index contributed by atoms with van der Waals surface area (Å²) in [5.41, 5.74) is 9.24. The first-order valence-electron chi connectivity index (χ1n) is 8.66. The Balaban J connectivity index is 0.00000243. The summed E-state index contributed by atoms with van der Waals surface area (Å²) in [7, 11) is 0. The van der Waals surface area contributed by atoms with Crippen molar-refractivity contribution in [2.24, 2.45) is 5.73 Å². The number of hydrogen-bond acceptors (Lipinski definition) is 3. The number of nitrogens with one attached hydrogen (secondary N) is 1. The summed E-state index contributed by atoms with van der Waals surface area (Å²) in [6, 6.07) is 14.4. The predicted octanol–water partition coefficient (Wildman–Crippen LogP) is 3.38. The van der Waals surface area contributed by atoms with E-state index in [4.69, 9.17) is 5.73 Å². The van der Waals surface area contributed by atoms with Crippen LogP contribution in [0.15, 0.2) is 48.5 Å². The number of rotatable bonds is 5. The van der Waals surface area contributed by atoms with Crippen LogP contribution in [0.4, 0.5) is 11.4 Å². The van der Waals surface area contributed by atoms with Crippen molar-refractivity contribution in [1.29, 1.82) is 0 Å². The Morgan fingerprint density at radius 3 is 2.54 bits per heavy atom. The minimum Gasteiger partial charge on any atom is -0.325 e. The summed E-state index contributed by atoms with van der Waals surface area (Å²) < 4.78 is 0. The van der Waals surface area contributed by atoms with Gasteiger partial charge < -0.3 is 16.0 Å². The Bertz CT molecular complexity index is 777. The molecule has 5 nitrogen and oxygen atoms in total. The lowest BCUT2D eigenvalue weighted by Gasteiger charge is -2.17. The molecule has 0 saturated carbocycles. The van der Waals surface area contributed by atoms with Gasteiger partial charge in [0.2, 0.25) is 5.91 Å². The van der Waals surface area contributed by atoms with Crippen LogP contribution in [0, 0.1) is 0 Å². The minimum atomic E-state index is -0.507. The van der Waals surface area contributed by atoms with Crippen LogP contribution in [0.1, 0.15) is 35.7 Å². The van der Waals surface area contributed by atoms with Crippen molar-refractivity contribution in [3.63, 3.8) is 0 Å². The van der Waals surface area contributed by atoms with Gasteiger partial charge in [-0.2, -0.15) is 0 Å². The van der Waals surface area contributed by atoms with Gasteiger partial charge in [-0.25, -0.2) is 0 Å². The fourth-order valence-electron chi connectivity index (χ4n) is 3.08. The Labute approximate surface area is 160 Å². The van der Waals surface area contributed by atoms with Crippen molar-refractivity contribution in [3.8, 4) is 0 Å². The maximum absolute atomic E-state index is 12.8. The lowest BCUT2D eigenvalue weighted by molar-refractivity contribution is -0.117. The normalized spacial score (nSPS) is 13.5. The van der Waals surface area contributed by atoms with E-state index in [-0.39, 0.29) is 24.2 Å². The number of nitrogens with zero attached hydrogens (tertiary/aromatic N) is 1. The minimum absolute atomic E-state index is 0. The van der Waals surface area contributed by atoms with Crippen LogP contribution in [0.25, 0.3) is 0 Å². The molecule has 1 unspecified atom stereocenters. The number of carbonyl (C=O) groups is 2. The van der Waals surface area contributed by atoms with Crippen LogP contribution in [0.3, 0.4) is 0 Å². The van der Waals surface area contributed by atoms with E-state index in [9.17, 15) is 9.59 Å². The van der Waals surface area contributed by atoms with Crippen LogP contribution < -0.4 is 16.0 Å². The first-order chi connectivity index (χ1) is 12.1. The molecule has 1 aliphatic heterocycles. The topological polar surface area (TPSA) is 75.4 Å². The molecule has 0 fully saturated rings. The third-order valence-electron chi connectivity index (χ3n) is 4.47. The Morgan fingerprint density at radius 2 is 1.85 bits per heavy atom. The number of para-hydroxylation sites is 1. The first-order valence-corrected chi connectivity index (χ1v) is 8.66. The van der Waals surface area contributed by atoms with Gasteiger partial charge in [-0.3, -0.25) is 9.59 Å². The molecular formula is C20H24ClN3O2. The molecule has 3 rings (SSSR count). The maximum Gasteiger partial charge on any atom is 0.258 e. The number of halogens is 1. The van der Waals surface area contributed by atoms with Crippen molar-refractivity contribution < 1.29 is 9.59 Å². The largest absolute Gasteiger partial charge is 0.325 e. The maximum atomic E-state index is 12.8. The van der Waals surface area contributed by atoms with E-state index in [1.54, 1.807) is 29.2 Å². The highest BCUT2D eigenvalue weighted by atomic mass is 35.5. The van der Waals surface area contributed by atoms with Gasteiger partial charge in [0.05, 0.1) is 6.04 Å². The summed E-state index contributed by atoms with van der Waals surface area (Å²) in [4.78, 5) is 26.5. The van der Waals surface area contributed by atoms with E-state index in [0.717, 1.165) is 18.5 Å². The van der Waals surface area contributed by atoms with Crippen molar-refractivity contribution >= 4 is 35.6 Å². The SMILES string of the molecule is CCCC(N)C(=O)Nc1ccc(C(=O)N2CCc3ccccc32)cc1.Cl. The molecule has 2 aromatic carbocycles. The molecule has 138 valence electrons. The molecule has 1 heterocycles. The number of amides is 2. The first kappa shape index (κ1) is 19.9. The van der Waals surface area contributed by atoms with Gasteiger partial charge in [0.25, 0.3) is 5.91 Å². The van der Waals surface area contributed by atoms with Gasteiger partial charge in [-0.1, -0.05) is 31.5 Å². The molecule has 2 amide bonds. The Hall–Kier alpha value is -2.37. The summed E-state index contributed by atoms with van der Waals surface area (Å²) in [6.07, 6.45) is 2.39. The van der Waals surface area contributed by atoms with Gasteiger partial charge in [0.1, 0.15) is 0 Å². The van der Waals surface area contributed by atoms with Crippen LogP contribution >= 0.6 is 12.4 Å². The molecule has 2 aromatic rings. The molecule has 1 aliphatic rings. The van der Waals surface area contributed by atoms with Gasteiger partial charge in [-0.05, 0) is 48.7 Å². The summed E-state index contributed by atoms with van der Waals surface area (Å²) in [6.45, 7) is 2.69. The van der Waals surface area contributed by atoms with Crippen molar-refractivity contribution in [2.45, 2.75) is 32.2 Å². The smallest absolute Gasteiger partial charge is 0.258 e. The predicted molar refractivity (Wildman–Crippen MR) is 107 cm³/mol. The lowest BCUT2D eigenvalue weighted by atomic mass is 10.1. The highest BCUT2D eigenvalue weighted by Crippen LogP contribution is 2.29. The molecule has 6 heteroatoms. The van der Waals surface area contributed by atoms with E-state index in [1.165, 1.54) is 5.56 Å². The fraction of sp³-hybridized carbons (Fsp3) is 0.300. The summed E-state index contributed by atoms with van der Waals surface area (Å²) in [5, 5.41) is 2.79. The quantitative estimate of drug-likeness (QED) is 0.843. The van der Waals surface area contributed by atoms with E-state index < -0.39 is 6.04 Å². The summed E-state index contributed by atoms with van der Waals surface area (Å²) >= 11 is 0. The van der Waals surface area contributed by atoms with E-state index in [0.29, 0.717) is 24.2 Å². The second kappa shape index (κ2) is 8.83. The number of carbonyl (C=O) groups excluding carboxylic acids is 2. The molecule has 0 aliphatic carbocycles. The molecule has 0 bridgehead atoms. The number of anilines is 2. The van der Waals surface area contributed by atoms with Gasteiger partial charge in [0.15, 0.2) is 0 Å². The molecule has 26 heavy (non-hydrogen) atoms. The second-order valence-corrected chi connectivity index (χ2v) is 6.30. The van der Waals surface area contributed by atoms with E-state index in [1.807, 2.05) is 25.1 Å². The summed E-state index contributed by atoms with van der Waals surface area (Å²) in [5.74, 6) is -0.222. The van der Waals surface area contributed by atoms with Crippen molar-refractivity contribution in [3.05, 3.63) is 59.7 Å². The van der Waals surface area contributed by atoms with Crippen molar-refractivity contribution in [1.82, 2.24) is 0 Å². The molecule has 1 atom stereocenters. The lowest BCUT2D eigenvalue weighted by Crippen LogP contribution is -2.35. The number of benzene rings is 2. The standard InChI is InChI=1S/C20H23N3O2.ClH/c1-2-5-17(21)19(24)22-16-10-8-15(9-11-16)20(25)23-13-12-14-6-3-4-7-18(14)23;/h3-4,6-11,17H,2,5,12-13,21H2,1H3,(H,22,24);1H. The zero-order valence-corrected chi connectivity index (χ0v) is 15.6. The Morgan fingerprint density at radius 1 is 1.15 bits per heavy atom. The second-order valence-electron chi connectivity index (χ2n) is 6.30. The Kier molecular flexibility index (Phi) is 6.77. The average molecular weight is 374 g/mol. The monoisotopic (exact) mass is 373 g/mol. The molecular weight excluding hydrogens is 350 g/mol. The molecule has 0 spiro atoms. The fourth-order valence-corrected chi connectivity index (χ4v) is 3.08. The molecule has 0 saturated heterocycles. The van der Waals surface area contributed by atoms with Gasteiger partial charge >= 0.3 is 0 Å². The van der Waals surface area contributed by atoms with E-state index >= 15 is 0 Å². The zero-order valence-electron chi connectivity index (χ0n) is 14.8. The van der Waals surface area contributed by atoms with Gasteiger partial charge in [-0.15, -0.1) is 12.4 Å². The molecule has 0 aromatic heterocycles.